The van der Waals surface area contributed by atoms with Crippen molar-refractivity contribution in [2.24, 2.45) is 5.92 Å². The third-order valence-corrected chi connectivity index (χ3v) is 4.50. The van der Waals surface area contributed by atoms with Gasteiger partial charge < -0.3 is 10.1 Å². The fourth-order valence-electron chi connectivity index (χ4n) is 2.88. The largest absolute Gasteiger partial charge is 0.381 e. The SMILES string of the molecule is O=C(NCC1(c2ccc(F)cc2)CC1)C1CCOCC1. The molecule has 3 nitrogen and oxygen atoms in total. The van der Waals surface area contributed by atoms with Gasteiger partial charge in [-0.05, 0) is 43.4 Å². The molecule has 2 fully saturated rings. The van der Waals surface area contributed by atoms with Gasteiger partial charge in [0.1, 0.15) is 5.82 Å². The topological polar surface area (TPSA) is 38.3 Å². The van der Waals surface area contributed by atoms with Gasteiger partial charge in [0.15, 0.2) is 0 Å². The molecule has 1 N–H and O–H groups in total. The Morgan fingerprint density at radius 1 is 1.25 bits per heavy atom. The van der Waals surface area contributed by atoms with Crippen LogP contribution in [0.15, 0.2) is 24.3 Å². The summed E-state index contributed by atoms with van der Waals surface area (Å²) in [5, 5.41) is 3.08. The van der Waals surface area contributed by atoms with E-state index in [1.54, 1.807) is 0 Å². The van der Waals surface area contributed by atoms with Crippen LogP contribution in [0.2, 0.25) is 0 Å². The molecule has 0 aromatic heterocycles. The minimum absolute atomic E-state index is 0.0362. The van der Waals surface area contributed by atoms with Gasteiger partial charge in [-0.15, -0.1) is 0 Å². The van der Waals surface area contributed by atoms with E-state index in [9.17, 15) is 9.18 Å². The molecule has 1 aromatic carbocycles. The number of benzene rings is 1. The molecule has 108 valence electrons. The van der Waals surface area contributed by atoms with Crippen molar-refractivity contribution in [2.75, 3.05) is 19.8 Å². The standard InChI is InChI=1S/C16H20FNO2/c17-14-3-1-13(2-4-14)16(7-8-16)11-18-15(19)12-5-9-20-10-6-12/h1-4,12H,5-11H2,(H,18,19). The van der Waals surface area contributed by atoms with E-state index >= 15 is 0 Å². The van der Waals surface area contributed by atoms with Gasteiger partial charge in [-0.1, -0.05) is 12.1 Å². The van der Waals surface area contributed by atoms with Crippen molar-refractivity contribution >= 4 is 5.91 Å². The molecule has 1 aliphatic heterocycles. The van der Waals surface area contributed by atoms with Crippen LogP contribution >= 0.6 is 0 Å². The Labute approximate surface area is 118 Å². The van der Waals surface area contributed by atoms with E-state index in [-0.39, 0.29) is 23.1 Å². The molecule has 1 heterocycles. The van der Waals surface area contributed by atoms with Gasteiger partial charge in [0.25, 0.3) is 0 Å². The monoisotopic (exact) mass is 277 g/mol. The maximum atomic E-state index is 13.0. The van der Waals surface area contributed by atoms with Crippen molar-refractivity contribution < 1.29 is 13.9 Å². The molecule has 2 aliphatic rings. The van der Waals surface area contributed by atoms with E-state index in [0.29, 0.717) is 19.8 Å². The molecular formula is C16H20FNO2. The maximum Gasteiger partial charge on any atom is 0.223 e. The minimum atomic E-state index is -0.212. The van der Waals surface area contributed by atoms with Crippen LogP contribution in [0.3, 0.4) is 0 Å². The molecule has 1 aromatic rings. The molecule has 0 unspecified atom stereocenters. The van der Waals surface area contributed by atoms with Gasteiger partial charge in [-0.2, -0.15) is 0 Å². The molecule has 0 spiro atoms. The highest BCUT2D eigenvalue weighted by atomic mass is 19.1. The summed E-state index contributed by atoms with van der Waals surface area (Å²) < 4.78 is 18.2. The van der Waals surface area contributed by atoms with Gasteiger partial charge in [-0.3, -0.25) is 4.79 Å². The van der Waals surface area contributed by atoms with E-state index in [0.717, 1.165) is 31.2 Å². The Kier molecular flexibility index (Phi) is 3.74. The zero-order valence-electron chi connectivity index (χ0n) is 11.5. The van der Waals surface area contributed by atoms with Crippen molar-refractivity contribution in [1.29, 1.82) is 0 Å². The predicted molar refractivity (Wildman–Crippen MR) is 73.9 cm³/mol. The third kappa shape index (κ3) is 2.85. The van der Waals surface area contributed by atoms with Crippen molar-refractivity contribution in [3.63, 3.8) is 0 Å². The van der Waals surface area contributed by atoms with E-state index in [1.165, 1.54) is 12.1 Å². The molecule has 20 heavy (non-hydrogen) atoms. The van der Waals surface area contributed by atoms with Gasteiger partial charge in [0, 0.05) is 31.1 Å². The zero-order valence-corrected chi connectivity index (χ0v) is 11.5. The first-order valence-corrected chi connectivity index (χ1v) is 7.31. The summed E-state index contributed by atoms with van der Waals surface area (Å²) in [7, 11) is 0. The van der Waals surface area contributed by atoms with Crippen LogP contribution in [0.25, 0.3) is 0 Å². The number of carbonyl (C=O) groups is 1. The highest BCUT2D eigenvalue weighted by Crippen LogP contribution is 2.47. The maximum absolute atomic E-state index is 13.0. The lowest BCUT2D eigenvalue weighted by atomic mass is 9.94. The molecule has 0 atom stereocenters. The Morgan fingerprint density at radius 3 is 2.50 bits per heavy atom. The van der Waals surface area contributed by atoms with E-state index in [4.69, 9.17) is 4.74 Å². The summed E-state index contributed by atoms with van der Waals surface area (Å²) >= 11 is 0. The average molecular weight is 277 g/mol. The highest BCUT2D eigenvalue weighted by molar-refractivity contribution is 5.78. The molecule has 4 heteroatoms. The lowest BCUT2D eigenvalue weighted by Gasteiger charge is -2.23. The van der Waals surface area contributed by atoms with Crippen LogP contribution < -0.4 is 5.32 Å². The normalized spacial score (nSPS) is 21.4. The van der Waals surface area contributed by atoms with E-state index < -0.39 is 0 Å². The lowest BCUT2D eigenvalue weighted by Crippen LogP contribution is -2.38. The number of ether oxygens (including phenoxy) is 1. The summed E-state index contributed by atoms with van der Waals surface area (Å²) in [5.74, 6) is 0.0187. The average Bonchev–Trinajstić information content (AvgIpc) is 3.27. The van der Waals surface area contributed by atoms with Crippen LogP contribution in [0.1, 0.15) is 31.2 Å². The van der Waals surface area contributed by atoms with Crippen molar-refractivity contribution in [3.05, 3.63) is 35.6 Å². The van der Waals surface area contributed by atoms with Gasteiger partial charge >= 0.3 is 0 Å². The van der Waals surface area contributed by atoms with Crippen molar-refractivity contribution in [3.8, 4) is 0 Å². The summed E-state index contributed by atoms with van der Waals surface area (Å²) in [4.78, 5) is 12.1. The zero-order chi connectivity index (χ0) is 14.0. The Morgan fingerprint density at radius 2 is 1.90 bits per heavy atom. The van der Waals surface area contributed by atoms with Gasteiger partial charge in [-0.25, -0.2) is 4.39 Å². The van der Waals surface area contributed by atoms with Crippen LogP contribution in [0.4, 0.5) is 4.39 Å². The van der Waals surface area contributed by atoms with Crippen LogP contribution in [-0.2, 0) is 14.9 Å². The Hall–Kier alpha value is -1.42. The van der Waals surface area contributed by atoms with Gasteiger partial charge in [0.2, 0.25) is 5.91 Å². The number of halogens is 1. The number of hydrogen-bond donors (Lipinski definition) is 1. The van der Waals surface area contributed by atoms with Crippen LogP contribution in [-0.4, -0.2) is 25.7 Å². The third-order valence-electron chi connectivity index (χ3n) is 4.50. The molecular weight excluding hydrogens is 257 g/mol. The molecule has 1 aliphatic carbocycles. The Balaban J connectivity index is 1.57. The van der Waals surface area contributed by atoms with Gasteiger partial charge in [0.05, 0.1) is 0 Å². The first kappa shape index (κ1) is 13.6. The smallest absolute Gasteiger partial charge is 0.223 e. The number of nitrogens with one attached hydrogen (secondary N) is 1. The minimum Gasteiger partial charge on any atom is -0.381 e. The molecule has 0 bridgehead atoms. The lowest BCUT2D eigenvalue weighted by molar-refractivity contribution is -0.127. The fraction of sp³-hybridized carbons (Fsp3) is 0.562. The number of carbonyl (C=O) groups excluding carboxylic acids is 1. The van der Waals surface area contributed by atoms with Crippen molar-refractivity contribution in [2.45, 2.75) is 31.1 Å². The first-order valence-electron chi connectivity index (χ1n) is 7.31. The molecule has 0 radical (unpaired) electrons. The van der Waals surface area contributed by atoms with Crippen LogP contribution in [0, 0.1) is 11.7 Å². The number of amides is 1. The van der Waals surface area contributed by atoms with E-state index in [2.05, 4.69) is 5.32 Å². The number of rotatable bonds is 4. The summed E-state index contributed by atoms with van der Waals surface area (Å²) in [6.45, 7) is 2.03. The van der Waals surface area contributed by atoms with E-state index in [1.807, 2.05) is 12.1 Å². The van der Waals surface area contributed by atoms with Crippen molar-refractivity contribution in [1.82, 2.24) is 5.32 Å². The second-order valence-corrected chi connectivity index (χ2v) is 5.89. The quantitative estimate of drug-likeness (QED) is 0.917. The molecule has 1 saturated heterocycles. The highest BCUT2D eigenvalue weighted by Gasteiger charge is 2.44. The molecule has 1 saturated carbocycles. The molecule has 1 amide bonds. The number of hydrogen-bond acceptors (Lipinski definition) is 2. The second kappa shape index (κ2) is 5.52. The molecule has 3 rings (SSSR count). The summed E-state index contributed by atoms with van der Waals surface area (Å²) in [6.07, 6.45) is 3.75. The predicted octanol–water partition coefficient (Wildman–Crippen LogP) is 2.40. The fourth-order valence-corrected chi connectivity index (χ4v) is 2.88. The summed E-state index contributed by atoms with van der Waals surface area (Å²) in [5.41, 5.74) is 1.17. The first-order chi connectivity index (χ1) is 9.70. The summed E-state index contributed by atoms with van der Waals surface area (Å²) in [6, 6.07) is 6.66. The second-order valence-electron chi connectivity index (χ2n) is 5.89. The van der Waals surface area contributed by atoms with Crippen LogP contribution in [0.5, 0.6) is 0 Å². The Bertz CT molecular complexity index is 476.